The van der Waals surface area contributed by atoms with E-state index < -0.39 is 24.7 Å². The van der Waals surface area contributed by atoms with Gasteiger partial charge < -0.3 is 4.90 Å². The first kappa shape index (κ1) is 18.0. The van der Waals surface area contributed by atoms with Gasteiger partial charge in [0.2, 0.25) is 0 Å². The van der Waals surface area contributed by atoms with Crippen LogP contribution in [-0.4, -0.2) is 29.6 Å². The summed E-state index contributed by atoms with van der Waals surface area (Å²) < 4.78 is 39.4. The molecule has 1 heterocycles. The van der Waals surface area contributed by atoms with E-state index in [1.807, 2.05) is 0 Å². The van der Waals surface area contributed by atoms with Crippen molar-refractivity contribution in [2.75, 3.05) is 6.54 Å². The molecule has 0 spiro atoms. The van der Waals surface area contributed by atoms with Crippen molar-refractivity contribution in [3.05, 3.63) is 19.2 Å². The number of hydrogen-bond donors (Lipinski definition) is 0. The summed E-state index contributed by atoms with van der Waals surface area (Å²) in [4.78, 5) is 13.6. The third kappa shape index (κ3) is 4.73. The number of thiophene rings is 1. The molecule has 1 rings (SSSR count). The van der Waals surface area contributed by atoms with E-state index in [1.54, 1.807) is 19.9 Å². The summed E-state index contributed by atoms with van der Waals surface area (Å²) in [5.74, 6) is -0.576. The summed E-state index contributed by atoms with van der Waals surface area (Å²) in [7, 11) is 0. The van der Waals surface area contributed by atoms with Gasteiger partial charge in [-0.1, -0.05) is 13.8 Å². The SMILES string of the molecule is CCC(CC)N(CC(F)(F)F)C(=O)c1cc(Br)c(Br)s1. The van der Waals surface area contributed by atoms with Crippen LogP contribution in [0, 0.1) is 0 Å². The minimum absolute atomic E-state index is 0.292. The molecule has 8 heteroatoms. The van der Waals surface area contributed by atoms with Crippen molar-refractivity contribution in [3.63, 3.8) is 0 Å². The molecule has 0 aliphatic heterocycles. The van der Waals surface area contributed by atoms with Crippen LogP contribution in [0.5, 0.6) is 0 Å². The molecule has 114 valence electrons. The predicted molar refractivity (Wildman–Crippen MR) is 81.2 cm³/mol. The average Bonchev–Trinajstić information content (AvgIpc) is 2.67. The van der Waals surface area contributed by atoms with Gasteiger partial charge in [-0.15, -0.1) is 11.3 Å². The zero-order chi connectivity index (χ0) is 15.5. The summed E-state index contributed by atoms with van der Waals surface area (Å²) in [6, 6.07) is 1.13. The minimum atomic E-state index is -4.40. The molecule has 0 saturated heterocycles. The van der Waals surface area contributed by atoms with Gasteiger partial charge >= 0.3 is 6.18 Å². The molecule has 0 radical (unpaired) electrons. The Morgan fingerprint density at radius 3 is 2.25 bits per heavy atom. The van der Waals surface area contributed by atoms with Crippen LogP contribution in [0.2, 0.25) is 0 Å². The van der Waals surface area contributed by atoms with E-state index in [9.17, 15) is 18.0 Å². The first-order chi connectivity index (χ1) is 9.19. The van der Waals surface area contributed by atoms with Gasteiger partial charge in [-0.2, -0.15) is 13.2 Å². The first-order valence-electron chi connectivity index (χ1n) is 6.02. The quantitative estimate of drug-likeness (QED) is 0.599. The molecule has 0 N–H and O–H groups in total. The Hall–Kier alpha value is -0.0800. The Kier molecular flexibility index (Phi) is 6.53. The first-order valence-corrected chi connectivity index (χ1v) is 8.42. The zero-order valence-corrected chi connectivity index (χ0v) is 14.9. The molecule has 0 aliphatic carbocycles. The third-order valence-electron chi connectivity index (χ3n) is 2.85. The van der Waals surface area contributed by atoms with Crippen LogP contribution >= 0.6 is 43.2 Å². The fourth-order valence-corrected chi connectivity index (χ4v) is 3.87. The maximum atomic E-state index is 12.7. The largest absolute Gasteiger partial charge is 0.406 e. The second-order valence-corrected chi connectivity index (χ2v) is 7.48. The molecule has 1 amide bonds. The van der Waals surface area contributed by atoms with E-state index in [2.05, 4.69) is 31.9 Å². The summed E-state index contributed by atoms with van der Waals surface area (Å²) in [6.45, 7) is 2.35. The van der Waals surface area contributed by atoms with Crippen molar-refractivity contribution in [2.45, 2.75) is 38.9 Å². The Labute approximate surface area is 136 Å². The summed E-state index contributed by atoms with van der Waals surface area (Å²) in [5, 5.41) is 0. The Morgan fingerprint density at radius 2 is 1.90 bits per heavy atom. The second-order valence-electron chi connectivity index (χ2n) is 4.25. The number of hydrogen-bond acceptors (Lipinski definition) is 2. The fraction of sp³-hybridized carbons (Fsp3) is 0.583. The van der Waals surface area contributed by atoms with Crippen LogP contribution < -0.4 is 0 Å². The summed E-state index contributed by atoms with van der Waals surface area (Å²) in [5.41, 5.74) is 0. The third-order valence-corrected chi connectivity index (χ3v) is 6.09. The number of rotatable bonds is 5. The maximum Gasteiger partial charge on any atom is 0.406 e. The van der Waals surface area contributed by atoms with E-state index in [1.165, 1.54) is 0 Å². The van der Waals surface area contributed by atoms with Gasteiger partial charge in [0, 0.05) is 10.5 Å². The second kappa shape index (κ2) is 7.26. The van der Waals surface area contributed by atoms with E-state index in [4.69, 9.17) is 0 Å². The topological polar surface area (TPSA) is 20.3 Å². The van der Waals surface area contributed by atoms with Gasteiger partial charge in [0.15, 0.2) is 0 Å². The molecular formula is C12H14Br2F3NOS. The molecule has 20 heavy (non-hydrogen) atoms. The van der Waals surface area contributed by atoms with Crippen LogP contribution in [0.15, 0.2) is 14.3 Å². The van der Waals surface area contributed by atoms with Crippen molar-refractivity contribution in [1.82, 2.24) is 4.90 Å². The molecule has 0 saturated carbocycles. The highest BCUT2D eigenvalue weighted by Gasteiger charge is 2.36. The Morgan fingerprint density at radius 1 is 1.35 bits per heavy atom. The highest BCUT2D eigenvalue weighted by molar-refractivity contribution is 9.13. The summed E-state index contributed by atoms with van der Waals surface area (Å²) in [6.07, 6.45) is -3.41. The molecule has 1 aromatic heterocycles. The van der Waals surface area contributed by atoms with Crippen molar-refractivity contribution in [1.29, 1.82) is 0 Å². The fourth-order valence-electron chi connectivity index (χ4n) is 1.88. The van der Waals surface area contributed by atoms with Crippen molar-refractivity contribution < 1.29 is 18.0 Å². The molecule has 0 bridgehead atoms. The molecule has 1 aromatic rings. The Balaban J connectivity index is 3.06. The lowest BCUT2D eigenvalue weighted by Crippen LogP contribution is -2.45. The van der Waals surface area contributed by atoms with Crippen LogP contribution in [0.4, 0.5) is 13.2 Å². The smallest absolute Gasteiger partial charge is 0.326 e. The van der Waals surface area contributed by atoms with Gasteiger partial charge in [-0.25, -0.2) is 0 Å². The van der Waals surface area contributed by atoms with Crippen molar-refractivity contribution in [3.8, 4) is 0 Å². The van der Waals surface area contributed by atoms with Crippen molar-refractivity contribution in [2.24, 2.45) is 0 Å². The summed E-state index contributed by atoms with van der Waals surface area (Å²) >= 11 is 7.61. The van der Waals surface area contributed by atoms with Crippen LogP contribution in [0.1, 0.15) is 36.4 Å². The number of carbonyl (C=O) groups excluding carboxylic acids is 1. The lowest BCUT2D eigenvalue weighted by atomic mass is 10.1. The number of amides is 1. The molecule has 0 fully saturated rings. The number of halogens is 5. The predicted octanol–water partition coefficient (Wildman–Crippen LogP) is 5.47. The standard InChI is InChI=1S/C12H14Br2F3NOS/c1-3-7(4-2)18(6-12(15,16)17)11(19)9-5-8(13)10(14)20-9/h5,7H,3-4,6H2,1-2H3. The highest BCUT2D eigenvalue weighted by Crippen LogP contribution is 2.34. The molecule has 0 aliphatic rings. The number of carbonyl (C=O) groups is 1. The van der Waals surface area contributed by atoms with E-state index in [-0.39, 0.29) is 0 Å². The normalized spacial score (nSPS) is 12.0. The molecule has 0 aromatic carbocycles. The van der Waals surface area contributed by atoms with E-state index in [0.717, 1.165) is 16.2 Å². The monoisotopic (exact) mass is 435 g/mol. The van der Waals surface area contributed by atoms with Gasteiger partial charge in [0.05, 0.1) is 8.66 Å². The molecule has 0 unspecified atom stereocenters. The average molecular weight is 437 g/mol. The van der Waals surface area contributed by atoms with Crippen LogP contribution in [0.3, 0.4) is 0 Å². The molecule has 2 nitrogen and oxygen atoms in total. The van der Waals surface area contributed by atoms with Crippen LogP contribution in [0.25, 0.3) is 0 Å². The van der Waals surface area contributed by atoms with Gasteiger partial charge in [0.25, 0.3) is 5.91 Å². The number of alkyl halides is 3. The lowest BCUT2D eigenvalue weighted by molar-refractivity contribution is -0.144. The van der Waals surface area contributed by atoms with Gasteiger partial charge in [0.1, 0.15) is 6.54 Å². The minimum Gasteiger partial charge on any atom is -0.326 e. The number of nitrogens with zero attached hydrogens (tertiary/aromatic N) is 1. The van der Waals surface area contributed by atoms with E-state index >= 15 is 0 Å². The highest BCUT2D eigenvalue weighted by atomic mass is 79.9. The van der Waals surface area contributed by atoms with Gasteiger partial charge in [-0.05, 0) is 50.8 Å². The van der Waals surface area contributed by atoms with Crippen molar-refractivity contribution >= 4 is 49.1 Å². The molecule has 0 atom stereocenters. The maximum absolute atomic E-state index is 12.7. The van der Waals surface area contributed by atoms with Gasteiger partial charge in [-0.3, -0.25) is 4.79 Å². The van der Waals surface area contributed by atoms with E-state index in [0.29, 0.717) is 26.0 Å². The zero-order valence-electron chi connectivity index (χ0n) is 10.9. The van der Waals surface area contributed by atoms with Crippen LogP contribution in [-0.2, 0) is 0 Å². The molecular weight excluding hydrogens is 423 g/mol. The lowest BCUT2D eigenvalue weighted by Gasteiger charge is -2.30. The Bertz CT molecular complexity index is 452.